The fourth-order valence-corrected chi connectivity index (χ4v) is 3.55. The van der Waals surface area contributed by atoms with Crippen molar-refractivity contribution >= 4 is 17.5 Å². The first-order chi connectivity index (χ1) is 14.7. The standard InChI is InChI=1S/C22H26N4O4/c27-21(10-11-25-12-14-26(15-13-25)17-6-2-1-3-7-17)23-24-22(28)20-16-29-18-8-4-5-9-19(18)30-20/h1-9,20H,10-16H2,(H,23,27)(H,24,28)/t20-/m1/s1. The number of hydrogen-bond donors (Lipinski definition) is 2. The van der Waals surface area contributed by atoms with Gasteiger partial charge in [0.1, 0.15) is 6.61 Å². The third kappa shape index (κ3) is 5.01. The number of hydrogen-bond acceptors (Lipinski definition) is 6. The molecular weight excluding hydrogens is 384 g/mol. The molecule has 2 aliphatic rings. The third-order valence-corrected chi connectivity index (χ3v) is 5.27. The molecule has 0 saturated carbocycles. The summed E-state index contributed by atoms with van der Waals surface area (Å²) in [6.07, 6.45) is -0.484. The maximum atomic E-state index is 12.2. The summed E-state index contributed by atoms with van der Waals surface area (Å²) in [6.45, 7) is 4.43. The van der Waals surface area contributed by atoms with Gasteiger partial charge in [-0.1, -0.05) is 30.3 Å². The van der Waals surface area contributed by atoms with Crippen LogP contribution in [0.15, 0.2) is 54.6 Å². The molecular formula is C22H26N4O4. The molecule has 158 valence electrons. The van der Waals surface area contributed by atoms with Gasteiger partial charge in [0, 0.05) is 44.8 Å². The first-order valence-corrected chi connectivity index (χ1v) is 10.2. The number of nitrogens with one attached hydrogen (secondary N) is 2. The van der Waals surface area contributed by atoms with E-state index in [9.17, 15) is 9.59 Å². The van der Waals surface area contributed by atoms with Crippen LogP contribution in [-0.2, 0) is 9.59 Å². The van der Waals surface area contributed by atoms with Crippen LogP contribution in [0.1, 0.15) is 6.42 Å². The summed E-state index contributed by atoms with van der Waals surface area (Å²) in [5.41, 5.74) is 6.13. The molecule has 30 heavy (non-hydrogen) atoms. The van der Waals surface area contributed by atoms with Crippen molar-refractivity contribution in [1.29, 1.82) is 0 Å². The average molecular weight is 410 g/mol. The first kappa shape index (κ1) is 20.0. The Bertz CT molecular complexity index is 868. The van der Waals surface area contributed by atoms with Crippen molar-refractivity contribution in [3.8, 4) is 11.5 Å². The fourth-order valence-electron chi connectivity index (χ4n) is 3.55. The van der Waals surface area contributed by atoms with Gasteiger partial charge in [-0.3, -0.25) is 25.3 Å². The Morgan fingerprint density at radius 2 is 1.60 bits per heavy atom. The molecule has 8 heteroatoms. The van der Waals surface area contributed by atoms with Crippen molar-refractivity contribution in [2.24, 2.45) is 0 Å². The Labute approximate surface area is 175 Å². The van der Waals surface area contributed by atoms with Crippen molar-refractivity contribution in [2.75, 3.05) is 44.2 Å². The molecule has 1 fully saturated rings. The van der Waals surface area contributed by atoms with Crippen LogP contribution >= 0.6 is 0 Å². The number of ether oxygens (including phenoxy) is 2. The normalized spacial score (nSPS) is 18.5. The SMILES string of the molecule is O=C(CCN1CCN(c2ccccc2)CC1)NNC(=O)[C@H]1COc2ccccc2O1. The molecule has 2 amide bonds. The van der Waals surface area contributed by atoms with E-state index in [1.165, 1.54) is 5.69 Å². The molecule has 0 spiro atoms. The minimum absolute atomic E-state index is 0.102. The predicted molar refractivity (Wildman–Crippen MR) is 112 cm³/mol. The summed E-state index contributed by atoms with van der Waals surface area (Å²) in [6, 6.07) is 17.5. The largest absolute Gasteiger partial charge is 0.485 e. The second-order valence-corrected chi connectivity index (χ2v) is 7.32. The van der Waals surface area contributed by atoms with Gasteiger partial charge in [0.25, 0.3) is 5.91 Å². The summed E-state index contributed by atoms with van der Waals surface area (Å²) < 4.78 is 11.1. The van der Waals surface area contributed by atoms with E-state index in [1.54, 1.807) is 12.1 Å². The molecule has 8 nitrogen and oxygen atoms in total. The van der Waals surface area contributed by atoms with Gasteiger partial charge in [0.2, 0.25) is 12.0 Å². The number of carbonyl (C=O) groups is 2. The van der Waals surface area contributed by atoms with Gasteiger partial charge in [0.15, 0.2) is 11.5 Å². The molecule has 0 unspecified atom stereocenters. The van der Waals surface area contributed by atoms with Crippen molar-refractivity contribution in [1.82, 2.24) is 15.8 Å². The van der Waals surface area contributed by atoms with Crippen LogP contribution in [0.4, 0.5) is 5.69 Å². The summed E-state index contributed by atoms with van der Waals surface area (Å²) >= 11 is 0. The highest BCUT2D eigenvalue weighted by atomic mass is 16.6. The number of carbonyl (C=O) groups excluding carboxylic acids is 2. The fraction of sp³-hybridized carbons (Fsp3) is 0.364. The van der Waals surface area contributed by atoms with E-state index in [0.29, 0.717) is 24.5 Å². The van der Waals surface area contributed by atoms with Crippen LogP contribution in [0.3, 0.4) is 0 Å². The highest BCUT2D eigenvalue weighted by Crippen LogP contribution is 2.30. The van der Waals surface area contributed by atoms with E-state index < -0.39 is 12.0 Å². The lowest BCUT2D eigenvalue weighted by Gasteiger charge is -2.36. The molecule has 0 radical (unpaired) electrons. The molecule has 1 atom stereocenters. The number of fused-ring (bicyclic) bond motifs is 1. The van der Waals surface area contributed by atoms with Crippen molar-refractivity contribution in [2.45, 2.75) is 12.5 Å². The van der Waals surface area contributed by atoms with E-state index in [4.69, 9.17) is 9.47 Å². The van der Waals surface area contributed by atoms with Crippen molar-refractivity contribution < 1.29 is 19.1 Å². The summed E-state index contributed by atoms with van der Waals surface area (Å²) in [5, 5.41) is 0. The maximum Gasteiger partial charge on any atom is 0.283 e. The van der Waals surface area contributed by atoms with E-state index in [2.05, 4.69) is 32.8 Å². The number of para-hydroxylation sites is 3. The van der Waals surface area contributed by atoms with E-state index >= 15 is 0 Å². The zero-order valence-electron chi connectivity index (χ0n) is 16.8. The number of piperazine rings is 1. The lowest BCUT2D eigenvalue weighted by molar-refractivity contribution is -0.135. The molecule has 4 rings (SSSR count). The van der Waals surface area contributed by atoms with Crippen LogP contribution in [0.2, 0.25) is 0 Å². The number of anilines is 1. The quantitative estimate of drug-likeness (QED) is 0.721. The second-order valence-electron chi connectivity index (χ2n) is 7.32. The monoisotopic (exact) mass is 410 g/mol. The molecule has 2 aliphatic heterocycles. The van der Waals surface area contributed by atoms with Gasteiger partial charge in [-0.05, 0) is 24.3 Å². The zero-order valence-corrected chi connectivity index (χ0v) is 16.8. The lowest BCUT2D eigenvalue weighted by atomic mass is 10.2. The minimum Gasteiger partial charge on any atom is -0.485 e. The molecule has 0 aromatic heterocycles. The molecule has 2 N–H and O–H groups in total. The average Bonchev–Trinajstić information content (AvgIpc) is 2.81. The molecule has 0 aliphatic carbocycles. The van der Waals surface area contributed by atoms with Crippen LogP contribution in [0.25, 0.3) is 0 Å². The van der Waals surface area contributed by atoms with Gasteiger partial charge in [0.05, 0.1) is 0 Å². The van der Waals surface area contributed by atoms with Gasteiger partial charge >= 0.3 is 0 Å². The highest BCUT2D eigenvalue weighted by Gasteiger charge is 2.27. The van der Waals surface area contributed by atoms with Crippen LogP contribution in [0.5, 0.6) is 11.5 Å². The van der Waals surface area contributed by atoms with E-state index in [0.717, 1.165) is 26.2 Å². The summed E-state index contributed by atoms with van der Waals surface area (Å²) in [4.78, 5) is 29.0. The number of benzene rings is 2. The number of hydrazine groups is 1. The molecule has 0 bridgehead atoms. The van der Waals surface area contributed by atoms with Gasteiger partial charge < -0.3 is 14.4 Å². The predicted octanol–water partition coefficient (Wildman–Crippen LogP) is 1.19. The highest BCUT2D eigenvalue weighted by molar-refractivity contribution is 5.85. The summed E-state index contributed by atoms with van der Waals surface area (Å²) in [5.74, 6) is 0.461. The minimum atomic E-state index is -0.800. The lowest BCUT2D eigenvalue weighted by Crippen LogP contribution is -2.51. The summed E-state index contributed by atoms with van der Waals surface area (Å²) in [7, 11) is 0. The molecule has 2 heterocycles. The smallest absolute Gasteiger partial charge is 0.283 e. The molecule has 2 aromatic rings. The Balaban J connectivity index is 1.14. The molecule has 2 aromatic carbocycles. The number of nitrogens with zero attached hydrogens (tertiary/aromatic N) is 2. The van der Waals surface area contributed by atoms with Crippen LogP contribution in [-0.4, -0.2) is 62.1 Å². The third-order valence-electron chi connectivity index (χ3n) is 5.27. The Kier molecular flexibility index (Phi) is 6.34. The van der Waals surface area contributed by atoms with Crippen molar-refractivity contribution in [3.63, 3.8) is 0 Å². The Hall–Kier alpha value is -3.26. The second kappa shape index (κ2) is 9.49. The van der Waals surface area contributed by atoms with Gasteiger partial charge in [-0.2, -0.15) is 0 Å². The topological polar surface area (TPSA) is 83.1 Å². The molecule has 1 saturated heterocycles. The first-order valence-electron chi connectivity index (χ1n) is 10.2. The van der Waals surface area contributed by atoms with E-state index in [-0.39, 0.29) is 12.5 Å². The maximum absolute atomic E-state index is 12.2. The Morgan fingerprint density at radius 3 is 2.37 bits per heavy atom. The number of amides is 2. The van der Waals surface area contributed by atoms with Crippen LogP contribution < -0.4 is 25.2 Å². The van der Waals surface area contributed by atoms with Gasteiger partial charge in [-0.15, -0.1) is 0 Å². The van der Waals surface area contributed by atoms with Crippen LogP contribution in [0, 0.1) is 0 Å². The van der Waals surface area contributed by atoms with Crippen molar-refractivity contribution in [3.05, 3.63) is 54.6 Å². The zero-order chi connectivity index (χ0) is 20.8. The number of rotatable bonds is 5. The van der Waals surface area contributed by atoms with E-state index in [1.807, 2.05) is 30.3 Å². The Morgan fingerprint density at radius 1 is 0.900 bits per heavy atom. The van der Waals surface area contributed by atoms with Gasteiger partial charge in [-0.25, -0.2) is 0 Å².